The second-order valence-electron chi connectivity index (χ2n) is 8.23. The van der Waals surface area contributed by atoms with Gasteiger partial charge in [-0.15, -0.1) is 0 Å². The molecule has 0 unspecified atom stereocenters. The monoisotopic (exact) mass is 365 g/mol. The minimum absolute atomic E-state index is 0.0274. The number of aromatic nitrogens is 2. The van der Waals surface area contributed by atoms with E-state index in [4.69, 9.17) is 0 Å². The van der Waals surface area contributed by atoms with Crippen molar-refractivity contribution in [1.29, 1.82) is 0 Å². The van der Waals surface area contributed by atoms with Crippen LogP contribution in [-0.4, -0.2) is 77.4 Å². The molecule has 2 aromatic rings. The van der Waals surface area contributed by atoms with E-state index in [1.54, 1.807) is 12.3 Å². The van der Waals surface area contributed by atoms with Gasteiger partial charge in [0.05, 0.1) is 0 Å². The number of carbonyl (C=O) groups is 1. The van der Waals surface area contributed by atoms with Crippen molar-refractivity contribution in [2.75, 3.05) is 46.8 Å². The fraction of sp³-hybridized carbons (Fsp3) is 0.476. The van der Waals surface area contributed by atoms with E-state index >= 15 is 0 Å². The summed E-state index contributed by atoms with van der Waals surface area (Å²) in [6.07, 6.45) is 3.08. The number of hydrogen-bond donors (Lipinski definition) is 0. The second-order valence-corrected chi connectivity index (χ2v) is 8.23. The van der Waals surface area contributed by atoms with Gasteiger partial charge in [-0.2, -0.15) is 0 Å². The average molecular weight is 365 g/mol. The Balaban J connectivity index is 1.50. The van der Waals surface area contributed by atoms with Crippen molar-refractivity contribution in [2.24, 2.45) is 11.3 Å². The Kier molecular flexibility index (Phi) is 4.93. The van der Waals surface area contributed by atoms with Gasteiger partial charge in [0.25, 0.3) is 5.91 Å². The highest BCUT2D eigenvalue weighted by molar-refractivity contribution is 5.92. The van der Waals surface area contributed by atoms with Crippen LogP contribution >= 0.6 is 0 Å². The summed E-state index contributed by atoms with van der Waals surface area (Å²) in [4.78, 5) is 27.8. The number of benzene rings is 1. The Bertz CT molecular complexity index is 782. The van der Waals surface area contributed by atoms with Crippen molar-refractivity contribution in [1.82, 2.24) is 24.7 Å². The lowest BCUT2D eigenvalue weighted by molar-refractivity contribution is 0.0742. The van der Waals surface area contributed by atoms with E-state index in [-0.39, 0.29) is 11.3 Å². The molecular formula is C21H27N5O. The van der Waals surface area contributed by atoms with Crippen LogP contribution in [0, 0.1) is 11.3 Å². The van der Waals surface area contributed by atoms with Crippen molar-refractivity contribution in [3.8, 4) is 0 Å². The lowest BCUT2D eigenvalue weighted by Gasteiger charge is -2.32. The number of fused-ring (bicyclic) bond motifs is 1. The Labute approximate surface area is 160 Å². The lowest BCUT2D eigenvalue weighted by Crippen LogP contribution is -2.42. The Morgan fingerprint density at radius 2 is 2.00 bits per heavy atom. The highest BCUT2D eigenvalue weighted by Gasteiger charge is 2.53. The van der Waals surface area contributed by atoms with Crippen LogP contribution in [0.4, 0.5) is 0 Å². The van der Waals surface area contributed by atoms with E-state index in [1.807, 2.05) is 4.90 Å². The van der Waals surface area contributed by atoms with Gasteiger partial charge in [-0.25, -0.2) is 9.97 Å². The molecule has 2 fully saturated rings. The van der Waals surface area contributed by atoms with Gasteiger partial charge in [-0.3, -0.25) is 9.69 Å². The fourth-order valence-corrected chi connectivity index (χ4v) is 4.84. The zero-order valence-electron chi connectivity index (χ0n) is 16.1. The van der Waals surface area contributed by atoms with E-state index in [2.05, 4.69) is 64.2 Å². The minimum Gasteiger partial charge on any atom is -0.336 e. The number of hydrogen-bond acceptors (Lipinski definition) is 5. The first-order chi connectivity index (χ1) is 13.1. The summed E-state index contributed by atoms with van der Waals surface area (Å²) < 4.78 is 0. The van der Waals surface area contributed by atoms with Gasteiger partial charge in [-0.1, -0.05) is 30.3 Å². The van der Waals surface area contributed by atoms with E-state index in [1.165, 1.54) is 11.9 Å². The summed E-state index contributed by atoms with van der Waals surface area (Å²) in [6.45, 7) is 5.64. The molecule has 3 heterocycles. The van der Waals surface area contributed by atoms with Gasteiger partial charge < -0.3 is 9.80 Å². The van der Waals surface area contributed by atoms with E-state index in [0.717, 1.165) is 39.3 Å². The number of carbonyl (C=O) groups excluding carboxylic acids is 1. The molecule has 2 aliphatic rings. The molecule has 0 aliphatic carbocycles. The third-order valence-electron chi connectivity index (χ3n) is 5.80. The van der Waals surface area contributed by atoms with Gasteiger partial charge in [-0.05, 0) is 31.6 Å². The molecule has 0 saturated carbocycles. The van der Waals surface area contributed by atoms with Crippen molar-refractivity contribution >= 4 is 5.91 Å². The third-order valence-corrected chi connectivity index (χ3v) is 5.80. The van der Waals surface area contributed by atoms with Crippen LogP contribution in [0.25, 0.3) is 0 Å². The van der Waals surface area contributed by atoms with Crippen LogP contribution < -0.4 is 0 Å². The van der Waals surface area contributed by atoms with Crippen LogP contribution in [0.15, 0.2) is 48.9 Å². The maximum absolute atomic E-state index is 12.9. The minimum atomic E-state index is 0.0274. The van der Waals surface area contributed by atoms with Crippen LogP contribution in [0.2, 0.25) is 0 Å². The summed E-state index contributed by atoms with van der Waals surface area (Å²) in [5.41, 5.74) is 1.97. The third kappa shape index (κ3) is 3.73. The summed E-state index contributed by atoms with van der Waals surface area (Å²) in [5, 5.41) is 0. The molecule has 2 saturated heterocycles. The molecule has 6 nitrogen and oxygen atoms in total. The molecule has 0 N–H and O–H groups in total. The van der Waals surface area contributed by atoms with Gasteiger partial charge in [0.15, 0.2) is 0 Å². The first-order valence-corrected chi connectivity index (χ1v) is 9.52. The Hall–Kier alpha value is -2.31. The summed E-state index contributed by atoms with van der Waals surface area (Å²) in [6, 6.07) is 12.4. The van der Waals surface area contributed by atoms with Gasteiger partial charge in [0.2, 0.25) is 0 Å². The summed E-state index contributed by atoms with van der Waals surface area (Å²) in [7, 11) is 4.25. The highest BCUT2D eigenvalue weighted by atomic mass is 16.2. The Morgan fingerprint density at radius 3 is 2.70 bits per heavy atom. The molecule has 4 rings (SSSR count). The van der Waals surface area contributed by atoms with Gasteiger partial charge >= 0.3 is 0 Å². The SMILES string of the molecule is CN(C)C[C@@]12CN(Cc3ccccc3)C[C@@H]1CN(C(=O)c1ccncn1)C2. The van der Waals surface area contributed by atoms with Gasteiger partial charge in [0, 0.05) is 50.9 Å². The predicted molar refractivity (Wildman–Crippen MR) is 104 cm³/mol. The predicted octanol–water partition coefficient (Wildman–Crippen LogP) is 1.61. The van der Waals surface area contributed by atoms with Crippen LogP contribution in [0.1, 0.15) is 16.1 Å². The fourth-order valence-electron chi connectivity index (χ4n) is 4.84. The standard InChI is InChI=1S/C21H27N5O/c1-24(2)13-21-14-25(10-17-6-4-3-5-7-17)11-18(21)12-26(15-21)20(27)19-8-9-22-16-23-19/h3-9,16,18H,10-15H2,1-2H3/t18-,21+/m1/s1. The molecule has 1 aromatic heterocycles. The first-order valence-electron chi connectivity index (χ1n) is 9.52. The highest BCUT2D eigenvalue weighted by Crippen LogP contribution is 2.43. The zero-order chi connectivity index (χ0) is 18.9. The van der Waals surface area contributed by atoms with Crippen LogP contribution in [0.3, 0.4) is 0 Å². The second kappa shape index (κ2) is 7.37. The molecule has 0 spiro atoms. The maximum Gasteiger partial charge on any atom is 0.272 e. The topological polar surface area (TPSA) is 52.6 Å². The molecule has 2 atom stereocenters. The van der Waals surface area contributed by atoms with Gasteiger partial charge in [0.1, 0.15) is 12.0 Å². The zero-order valence-corrected chi connectivity index (χ0v) is 16.1. The van der Waals surface area contributed by atoms with E-state index in [9.17, 15) is 4.79 Å². The quantitative estimate of drug-likeness (QED) is 0.806. The molecule has 27 heavy (non-hydrogen) atoms. The van der Waals surface area contributed by atoms with E-state index in [0.29, 0.717) is 11.6 Å². The normalized spacial score (nSPS) is 25.1. The number of likely N-dealkylation sites (tertiary alicyclic amines) is 2. The number of nitrogens with zero attached hydrogens (tertiary/aromatic N) is 5. The molecule has 142 valence electrons. The van der Waals surface area contributed by atoms with E-state index < -0.39 is 0 Å². The molecule has 2 aliphatic heterocycles. The summed E-state index contributed by atoms with van der Waals surface area (Å²) in [5.74, 6) is 0.522. The molecule has 0 radical (unpaired) electrons. The molecule has 0 bridgehead atoms. The summed E-state index contributed by atoms with van der Waals surface area (Å²) >= 11 is 0. The first kappa shape index (κ1) is 18.1. The van der Waals surface area contributed by atoms with Crippen molar-refractivity contribution < 1.29 is 4.79 Å². The van der Waals surface area contributed by atoms with Crippen molar-refractivity contribution in [3.05, 3.63) is 60.2 Å². The maximum atomic E-state index is 12.9. The van der Waals surface area contributed by atoms with Crippen LogP contribution in [0.5, 0.6) is 0 Å². The van der Waals surface area contributed by atoms with Crippen LogP contribution in [-0.2, 0) is 6.54 Å². The number of amides is 1. The molecular weight excluding hydrogens is 338 g/mol. The average Bonchev–Trinajstić information content (AvgIpc) is 3.15. The molecule has 1 aromatic carbocycles. The lowest BCUT2D eigenvalue weighted by atomic mass is 9.80. The van der Waals surface area contributed by atoms with Crippen molar-refractivity contribution in [3.63, 3.8) is 0 Å². The number of rotatable bonds is 5. The molecule has 6 heteroatoms. The molecule has 1 amide bonds. The largest absolute Gasteiger partial charge is 0.336 e. The smallest absolute Gasteiger partial charge is 0.272 e. The Morgan fingerprint density at radius 1 is 1.19 bits per heavy atom. The van der Waals surface area contributed by atoms with Crippen molar-refractivity contribution in [2.45, 2.75) is 6.54 Å².